The lowest BCUT2D eigenvalue weighted by molar-refractivity contribution is -0.143. The van der Waals surface area contributed by atoms with Crippen molar-refractivity contribution in [2.45, 2.75) is 57.1 Å². The molecule has 138 valence electrons. The molecule has 1 fully saturated rings. The monoisotopic (exact) mass is 349 g/mol. The Labute approximate surface area is 147 Å². The SMILES string of the molecule is O=C(O)C(CCOC1CC(CCc2ccc3c(n2)NCCC3)C1)NO. The van der Waals surface area contributed by atoms with Gasteiger partial charge in [0.05, 0.1) is 6.10 Å². The maximum absolute atomic E-state index is 10.8. The third-order valence-corrected chi connectivity index (χ3v) is 5.17. The first kappa shape index (κ1) is 18.1. The van der Waals surface area contributed by atoms with E-state index in [2.05, 4.69) is 17.4 Å². The molecule has 1 aromatic rings. The van der Waals surface area contributed by atoms with E-state index in [1.807, 2.05) is 0 Å². The lowest BCUT2D eigenvalue weighted by atomic mass is 9.79. The van der Waals surface area contributed by atoms with Crippen molar-refractivity contribution in [1.29, 1.82) is 0 Å². The molecule has 0 aromatic carbocycles. The molecule has 0 bridgehead atoms. The van der Waals surface area contributed by atoms with E-state index in [1.54, 1.807) is 5.48 Å². The maximum atomic E-state index is 10.8. The van der Waals surface area contributed by atoms with E-state index in [1.165, 1.54) is 12.0 Å². The Morgan fingerprint density at radius 2 is 2.28 bits per heavy atom. The zero-order chi connectivity index (χ0) is 17.6. The quantitative estimate of drug-likeness (QED) is 0.505. The van der Waals surface area contributed by atoms with Crippen LogP contribution < -0.4 is 10.8 Å². The lowest BCUT2D eigenvalue weighted by Gasteiger charge is -2.35. The minimum atomic E-state index is -1.07. The summed E-state index contributed by atoms with van der Waals surface area (Å²) in [6.45, 7) is 1.36. The third-order valence-electron chi connectivity index (χ3n) is 5.17. The van der Waals surface area contributed by atoms with Crippen LogP contribution in [0.2, 0.25) is 0 Å². The van der Waals surface area contributed by atoms with Crippen molar-refractivity contribution in [3.8, 4) is 0 Å². The highest BCUT2D eigenvalue weighted by Crippen LogP contribution is 2.34. The molecular weight excluding hydrogens is 322 g/mol. The van der Waals surface area contributed by atoms with Crippen molar-refractivity contribution < 1.29 is 19.8 Å². The number of hydrogen-bond acceptors (Lipinski definition) is 6. The number of hydrogen-bond donors (Lipinski definition) is 4. The van der Waals surface area contributed by atoms with Crippen molar-refractivity contribution in [2.24, 2.45) is 5.92 Å². The first-order valence-electron chi connectivity index (χ1n) is 9.12. The number of ether oxygens (including phenoxy) is 1. The highest BCUT2D eigenvalue weighted by atomic mass is 16.5. The molecule has 0 amide bonds. The van der Waals surface area contributed by atoms with Crippen LogP contribution in [0.15, 0.2) is 12.1 Å². The maximum Gasteiger partial charge on any atom is 0.323 e. The van der Waals surface area contributed by atoms with Crippen molar-refractivity contribution in [3.05, 3.63) is 23.4 Å². The first-order chi connectivity index (χ1) is 12.2. The van der Waals surface area contributed by atoms with Gasteiger partial charge in [-0.2, -0.15) is 5.48 Å². The fourth-order valence-electron chi connectivity index (χ4n) is 3.50. The molecule has 2 heterocycles. The van der Waals surface area contributed by atoms with Crippen LogP contribution in [0.5, 0.6) is 0 Å². The summed E-state index contributed by atoms with van der Waals surface area (Å²) in [6.07, 6.45) is 6.92. The summed E-state index contributed by atoms with van der Waals surface area (Å²) in [5.41, 5.74) is 4.26. The average molecular weight is 349 g/mol. The van der Waals surface area contributed by atoms with Crippen molar-refractivity contribution in [1.82, 2.24) is 10.5 Å². The van der Waals surface area contributed by atoms with Gasteiger partial charge in [0.2, 0.25) is 0 Å². The lowest BCUT2D eigenvalue weighted by Crippen LogP contribution is -2.37. The molecule has 7 heteroatoms. The number of nitrogens with zero attached hydrogens (tertiary/aromatic N) is 1. The number of anilines is 1. The third kappa shape index (κ3) is 4.90. The van der Waals surface area contributed by atoms with Crippen molar-refractivity contribution in [3.63, 3.8) is 0 Å². The van der Waals surface area contributed by atoms with Crippen LogP contribution in [-0.2, 0) is 22.4 Å². The predicted octanol–water partition coefficient (Wildman–Crippen LogP) is 1.99. The summed E-state index contributed by atoms with van der Waals surface area (Å²) in [5, 5.41) is 20.9. The van der Waals surface area contributed by atoms with Gasteiger partial charge in [-0.15, -0.1) is 0 Å². The zero-order valence-corrected chi connectivity index (χ0v) is 14.4. The number of aromatic nitrogens is 1. The second kappa shape index (κ2) is 8.60. The van der Waals surface area contributed by atoms with Crippen LogP contribution in [0.4, 0.5) is 5.82 Å². The number of carboxylic acids is 1. The molecule has 25 heavy (non-hydrogen) atoms. The number of hydroxylamine groups is 1. The topological polar surface area (TPSA) is 104 Å². The van der Waals surface area contributed by atoms with Crippen LogP contribution in [0.3, 0.4) is 0 Å². The second-order valence-corrected chi connectivity index (χ2v) is 7.02. The van der Waals surface area contributed by atoms with Gasteiger partial charge in [0.1, 0.15) is 11.9 Å². The number of rotatable bonds is 9. The molecule has 1 aliphatic carbocycles. The second-order valence-electron chi connectivity index (χ2n) is 7.02. The molecular formula is C18H27N3O4. The van der Waals surface area contributed by atoms with Gasteiger partial charge in [0.25, 0.3) is 0 Å². The number of aryl methyl sites for hydroxylation is 2. The van der Waals surface area contributed by atoms with Gasteiger partial charge in [-0.05, 0) is 62.5 Å². The predicted molar refractivity (Wildman–Crippen MR) is 92.8 cm³/mol. The molecule has 3 rings (SSSR count). The van der Waals surface area contributed by atoms with E-state index in [0.717, 1.165) is 50.2 Å². The standard InChI is InChI=1S/C18H27N3O4/c22-18(23)16(21-24)7-9-25-15-10-12(11-15)3-5-14-6-4-13-2-1-8-19-17(13)20-14/h4,6,12,15-16,21,24H,1-3,5,7-11H2,(H,19,20)(H,22,23). The van der Waals surface area contributed by atoms with E-state index in [-0.39, 0.29) is 12.5 Å². The summed E-state index contributed by atoms with van der Waals surface area (Å²) in [5.74, 6) is 0.649. The van der Waals surface area contributed by atoms with Crippen LogP contribution in [0.1, 0.15) is 43.4 Å². The molecule has 1 saturated carbocycles. The minimum Gasteiger partial charge on any atom is -0.480 e. The molecule has 1 atom stereocenters. The van der Waals surface area contributed by atoms with Crippen LogP contribution >= 0.6 is 0 Å². The molecule has 1 aromatic heterocycles. The molecule has 1 unspecified atom stereocenters. The van der Waals surface area contributed by atoms with Crippen molar-refractivity contribution >= 4 is 11.8 Å². The van der Waals surface area contributed by atoms with Crippen LogP contribution in [-0.4, -0.2) is 46.6 Å². The summed E-state index contributed by atoms with van der Waals surface area (Å²) >= 11 is 0. The smallest absolute Gasteiger partial charge is 0.323 e. The van der Waals surface area contributed by atoms with E-state index >= 15 is 0 Å². The molecule has 7 nitrogen and oxygen atoms in total. The Morgan fingerprint density at radius 1 is 1.44 bits per heavy atom. The largest absolute Gasteiger partial charge is 0.480 e. The Morgan fingerprint density at radius 3 is 3.04 bits per heavy atom. The van der Waals surface area contributed by atoms with E-state index in [4.69, 9.17) is 20.0 Å². The van der Waals surface area contributed by atoms with E-state index in [9.17, 15) is 4.79 Å². The number of fused-ring (bicyclic) bond motifs is 1. The molecule has 0 spiro atoms. The fourth-order valence-corrected chi connectivity index (χ4v) is 3.50. The first-order valence-corrected chi connectivity index (χ1v) is 9.12. The van der Waals surface area contributed by atoms with Crippen molar-refractivity contribution in [2.75, 3.05) is 18.5 Å². The van der Waals surface area contributed by atoms with Gasteiger partial charge < -0.3 is 20.4 Å². The molecule has 4 N–H and O–H groups in total. The molecule has 0 saturated heterocycles. The van der Waals surface area contributed by atoms with E-state index in [0.29, 0.717) is 12.5 Å². The molecule has 2 aliphatic rings. The summed E-state index contributed by atoms with van der Waals surface area (Å²) in [6, 6.07) is 3.39. The summed E-state index contributed by atoms with van der Waals surface area (Å²) in [4.78, 5) is 15.5. The van der Waals surface area contributed by atoms with Gasteiger partial charge in [-0.3, -0.25) is 4.79 Å². The number of aliphatic carboxylic acids is 1. The number of carboxylic acid groups (broad SMARTS) is 1. The highest BCUT2D eigenvalue weighted by molar-refractivity contribution is 5.73. The number of nitrogens with one attached hydrogen (secondary N) is 2. The van der Waals surface area contributed by atoms with Gasteiger partial charge in [0.15, 0.2) is 0 Å². The van der Waals surface area contributed by atoms with Gasteiger partial charge in [-0.1, -0.05) is 6.07 Å². The summed E-state index contributed by atoms with van der Waals surface area (Å²) < 4.78 is 5.68. The van der Waals surface area contributed by atoms with Gasteiger partial charge in [0, 0.05) is 18.8 Å². The van der Waals surface area contributed by atoms with E-state index < -0.39 is 12.0 Å². The molecule has 0 radical (unpaired) electrons. The summed E-state index contributed by atoms with van der Waals surface area (Å²) in [7, 11) is 0. The van der Waals surface area contributed by atoms with Crippen LogP contribution in [0.25, 0.3) is 0 Å². The molecule has 1 aliphatic heterocycles. The highest BCUT2D eigenvalue weighted by Gasteiger charge is 2.30. The zero-order valence-electron chi connectivity index (χ0n) is 14.4. The number of carbonyl (C=O) groups is 1. The Hall–Kier alpha value is -1.70. The normalized spacial score (nSPS) is 23.2. The fraction of sp³-hybridized carbons (Fsp3) is 0.667. The van der Waals surface area contributed by atoms with Gasteiger partial charge in [-0.25, -0.2) is 4.98 Å². The Bertz CT molecular complexity index is 590. The van der Waals surface area contributed by atoms with Gasteiger partial charge >= 0.3 is 5.97 Å². The Balaban J connectivity index is 1.32. The minimum absolute atomic E-state index is 0.219. The Kier molecular flexibility index (Phi) is 6.23. The average Bonchev–Trinajstić information content (AvgIpc) is 2.59. The number of pyridine rings is 1. The van der Waals surface area contributed by atoms with Crippen LogP contribution in [0, 0.1) is 5.92 Å².